The van der Waals surface area contributed by atoms with Gasteiger partial charge in [0, 0.05) is 20.2 Å². The van der Waals surface area contributed by atoms with Crippen LogP contribution in [0.5, 0.6) is 0 Å². The summed E-state index contributed by atoms with van der Waals surface area (Å²) in [6, 6.07) is 0.221. The van der Waals surface area contributed by atoms with Crippen LogP contribution in [0.1, 0.15) is 38.5 Å². The molecule has 1 saturated heterocycles. The molecule has 3 nitrogen and oxygen atoms in total. The Bertz CT molecular complexity index is 204. The van der Waals surface area contributed by atoms with Gasteiger partial charge in [0.05, 0.1) is 19.3 Å². The summed E-state index contributed by atoms with van der Waals surface area (Å²) in [5.41, 5.74) is 0.595. The average molecular weight is 227 g/mol. The molecule has 2 aliphatic rings. The third kappa shape index (κ3) is 2.58. The molecule has 1 aliphatic carbocycles. The molecular formula is C13H25NO2. The van der Waals surface area contributed by atoms with E-state index in [1.807, 2.05) is 0 Å². The number of hydrogen-bond donors (Lipinski definition) is 1. The highest BCUT2D eigenvalue weighted by Crippen LogP contribution is 2.43. The lowest BCUT2D eigenvalue weighted by molar-refractivity contribution is -0.0729. The summed E-state index contributed by atoms with van der Waals surface area (Å²) in [6.45, 7) is 3.25. The predicted molar refractivity (Wildman–Crippen MR) is 64.5 cm³/mol. The van der Waals surface area contributed by atoms with Crippen molar-refractivity contribution in [2.24, 2.45) is 5.41 Å². The standard InChI is InChI=1S/C13H25NO2/c1-16-9-12(8-15)14-10-13(11-14)6-4-2-3-5-7-13/h12,15H,2-11H2,1H3. The summed E-state index contributed by atoms with van der Waals surface area (Å²) in [6.07, 6.45) is 8.44. The second-order valence-corrected chi connectivity index (χ2v) is 5.61. The Morgan fingerprint density at radius 3 is 2.31 bits per heavy atom. The van der Waals surface area contributed by atoms with Crippen molar-refractivity contribution in [3.05, 3.63) is 0 Å². The van der Waals surface area contributed by atoms with Crippen molar-refractivity contribution in [3.8, 4) is 0 Å². The topological polar surface area (TPSA) is 32.7 Å². The highest BCUT2D eigenvalue weighted by molar-refractivity contribution is 4.98. The fraction of sp³-hybridized carbons (Fsp3) is 1.00. The van der Waals surface area contributed by atoms with E-state index in [0.29, 0.717) is 12.0 Å². The van der Waals surface area contributed by atoms with Crippen LogP contribution in [0.4, 0.5) is 0 Å². The van der Waals surface area contributed by atoms with E-state index < -0.39 is 0 Å². The molecule has 1 atom stereocenters. The van der Waals surface area contributed by atoms with Crippen LogP contribution < -0.4 is 0 Å². The molecular weight excluding hydrogens is 202 g/mol. The van der Waals surface area contributed by atoms with Gasteiger partial charge in [-0.05, 0) is 18.3 Å². The Labute approximate surface area is 98.8 Å². The van der Waals surface area contributed by atoms with E-state index in [4.69, 9.17) is 4.74 Å². The average Bonchev–Trinajstić information content (AvgIpc) is 2.49. The number of methoxy groups -OCH3 is 1. The fourth-order valence-electron chi connectivity index (χ4n) is 3.33. The van der Waals surface area contributed by atoms with Crippen LogP contribution in [-0.2, 0) is 4.74 Å². The first-order valence-electron chi connectivity index (χ1n) is 6.63. The Kier molecular flexibility index (Phi) is 4.22. The summed E-state index contributed by atoms with van der Waals surface area (Å²) in [5.74, 6) is 0. The Morgan fingerprint density at radius 1 is 1.19 bits per heavy atom. The van der Waals surface area contributed by atoms with Gasteiger partial charge in [0.15, 0.2) is 0 Å². The smallest absolute Gasteiger partial charge is 0.0640 e. The van der Waals surface area contributed by atoms with Gasteiger partial charge in [0.1, 0.15) is 0 Å². The maximum absolute atomic E-state index is 9.31. The maximum atomic E-state index is 9.31. The van der Waals surface area contributed by atoms with Crippen LogP contribution >= 0.6 is 0 Å². The number of nitrogens with zero attached hydrogens (tertiary/aromatic N) is 1. The van der Waals surface area contributed by atoms with Gasteiger partial charge >= 0.3 is 0 Å². The summed E-state index contributed by atoms with van der Waals surface area (Å²) >= 11 is 0. The van der Waals surface area contributed by atoms with Crippen molar-refractivity contribution in [1.29, 1.82) is 0 Å². The lowest BCUT2D eigenvalue weighted by Crippen LogP contribution is -2.61. The van der Waals surface area contributed by atoms with Crippen LogP contribution in [-0.4, -0.2) is 49.5 Å². The third-order valence-corrected chi connectivity index (χ3v) is 4.33. The number of likely N-dealkylation sites (tertiary alicyclic amines) is 1. The van der Waals surface area contributed by atoms with Crippen LogP contribution in [0.3, 0.4) is 0 Å². The zero-order chi connectivity index (χ0) is 11.4. The monoisotopic (exact) mass is 227 g/mol. The summed E-state index contributed by atoms with van der Waals surface area (Å²) < 4.78 is 5.15. The van der Waals surface area contributed by atoms with E-state index in [2.05, 4.69) is 4.90 Å². The molecule has 0 aromatic carbocycles. The first kappa shape index (κ1) is 12.3. The molecule has 1 unspecified atom stereocenters. The summed E-state index contributed by atoms with van der Waals surface area (Å²) in [4.78, 5) is 2.40. The van der Waals surface area contributed by atoms with Gasteiger partial charge in [0.2, 0.25) is 0 Å². The zero-order valence-corrected chi connectivity index (χ0v) is 10.5. The number of ether oxygens (including phenoxy) is 1. The number of rotatable bonds is 4. The molecule has 2 rings (SSSR count). The van der Waals surface area contributed by atoms with E-state index >= 15 is 0 Å². The van der Waals surface area contributed by atoms with Crippen molar-refractivity contribution >= 4 is 0 Å². The predicted octanol–water partition coefficient (Wildman–Crippen LogP) is 1.65. The molecule has 0 aromatic heterocycles. The van der Waals surface area contributed by atoms with Gasteiger partial charge in [-0.3, -0.25) is 4.90 Å². The molecule has 1 aliphatic heterocycles. The van der Waals surface area contributed by atoms with Crippen molar-refractivity contribution in [2.75, 3.05) is 33.4 Å². The first-order valence-corrected chi connectivity index (χ1v) is 6.63. The van der Waals surface area contributed by atoms with Gasteiger partial charge < -0.3 is 9.84 Å². The summed E-state index contributed by atoms with van der Waals surface area (Å²) in [7, 11) is 1.71. The SMILES string of the molecule is COCC(CO)N1CC2(CCCCCC2)C1. The minimum atomic E-state index is 0.221. The van der Waals surface area contributed by atoms with Crippen LogP contribution in [0.2, 0.25) is 0 Å². The van der Waals surface area contributed by atoms with Gasteiger partial charge in [-0.15, -0.1) is 0 Å². The second-order valence-electron chi connectivity index (χ2n) is 5.61. The molecule has 16 heavy (non-hydrogen) atoms. The first-order chi connectivity index (χ1) is 7.79. The Morgan fingerprint density at radius 2 is 1.81 bits per heavy atom. The van der Waals surface area contributed by atoms with E-state index in [9.17, 15) is 5.11 Å². The highest BCUT2D eigenvalue weighted by Gasteiger charge is 2.44. The number of hydrogen-bond acceptors (Lipinski definition) is 3. The molecule has 94 valence electrons. The zero-order valence-electron chi connectivity index (χ0n) is 10.5. The Balaban J connectivity index is 1.82. The van der Waals surface area contributed by atoms with Crippen LogP contribution in [0.25, 0.3) is 0 Å². The molecule has 1 saturated carbocycles. The molecule has 0 aromatic rings. The molecule has 0 amide bonds. The van der Waals surface area contributed by atoms with Crippen molar-refractivity contribution in [2.45, 2.75) is 44.6 Å². The largest absolute Gasteiger partial charge is 0.395 e. The van der Waals surface area contributed by atoms with Gasteiger partial charge in [-0.2, -0.15) is 0 Å². The van der Waals surface area contributed by atoms with Gasteiger partial charge in [-0.25, -0.2) is 0 Å². The van der Waals surface area contributed by atoms with Crippen molar-refractivity contribution in [1.82, 2.24) is 4.90 Å². The molecule has 0 radical (unpaired) electrons. The molecule has 1 heterocycles. The Hall–Kier alpha value is -0.120. The minimum absolute atomic E-state index is 0.221. The minimum Gasteiger partial charge on any atom is -0.395 e. The molecule has 1 spiro atoms. The number of aliphatic hydroxyl groups excluding tert-OH is 1. The van der Waals surface area contributed by atoms with Crippen LogP contribution in [0, 0.1) is 5.41 Å². The van der Waals surface area contributed by atoms with E-state index in [1.165, 1.54) is 51.6 Å². The molecule has 3 heteroatoms. The number of aliphatic hydroxyl groups is 1. The van der Waals surface area contributed by atoms with Gasteiger partial charge in [-0.1, -0.05) is 25.7 Å². The lowest BCUT2D eigenvalue weighted by atomic mass is 9.73. The fourth-order valence-corrected chi connectivity index (χ4v) is 3.33. The maximum Gasteiger partial charge on any atom is 0.0640 e. The van der Waals surface area contributed by atoms with Crippen LogP contribution in [0.15, 0.2) is 0 Å². The van der Waals surface area contributed by atoms with Crippen molar-refractivity contribution in [3.63, 3.8) is 0 Å². The van der Waals surface area contributed by atoms with E-state index in [0.717, 1.165) is 0 Å². The molecule has 1 N–H and O–H groups in total. The normalized spacial score (nSPS) is 27.4. The lowest BCUT2D eigenvalue weighted by Gasteiger charge is -2.53. The third-order valence-electron chi connectivity index (χ3n) is 4.33. The summed E-state index contributed by atoms with van der Waals surface area (Å²) in [5, 5.41) is 9.31. The van der Waals surface area contributed by atoms with Crippen molar-refractivity contribution < 1.29 is 9.84 Å². The molecule has 0 bridgehead atoms. The second kappa shape index (κ2) is 5.48. The quantitative estimate of drug-likeness (QED) is 0.792. The van der Waals surface area contributed by atoms with E-state index in [1.54, 1.807) is 7.11 Å². The van der Waals surface area contributed by atoms with E-state index in [-0.39, 0.29) is 12.6 Å². The molecule has 2 fully saturated rings. The van der Waals surface area contributed by atoms with Gasteiger partial charge in [0.25, 0.3) is 0 Å². The highest BCUT2D eigenvalue weighted by atomic mass is 16.5.